The van der Waals surface area contributed by atoms with Gasteiger partial charge < -0.3 is 24.2 Å². The monoisotopic (exact) mass is 493 g/mol. The van der Waals surface area contributed by atoms with E-state index in [-0.39, 0.29) is 12.1 Å². The first-order chi connectivity index (χ1) is 16.8. The number of aliphatic hydroxyl groups is 1. The highest BCUT2D eigenvalue weighted by atomic mass is 35.5. The number of aliphatic hydroxyl groups excluding tert-OH is 1. The van der Waals surface area contributed by atoms with Crippen molar-refractivity contribution in [2.45, 2.75) is 12.1 Å². The summed E-state index contributed by atoms with van der Waals surface area (Å²) in [5.41, 5.74) is -0.263. The lowest BCUT2D eigenvalue weighted by atomic mass is 9.81. The van der Waals surface area contributed by atoms with Crippen LogP contribution in [-0.2, 0) is 16.9 Å². The summed E-state index contributed by atoms with van der Waals surface area (Å²) in [6, 6.07) is 18.6. The number of rotatable bonds is 8. The first-order valence-corrected chi connectivity index (χ1v) is 11.1. The van der Waals surface area contributed by atoms with E-state index in [1.165, 1.54) is 31.3 Å². The summed E-state index contributed by atoms with van der Waals surface area (Å²) in [7, 11) is 4.53. The SMILES string of the molecule is COc1cccc(CN2C(=O)C(O)=CC2(C(=O)c2cccc(Cl)c2)c2ccc(OC)c(OC)c2)c1. The topological polar surface area (TPSA) is 85.3 Å². The molecule has 4 rings (SSSR count). The van der Waals surface area contributed by atoms with Gasteiger partial charge in [-0.05, 0) is 47.5 Å². The van der Waals surface area contributed by atoms with Crippen LogP contribution in [0.1, 0.15) is 21.5 Å². The molecule has 0 saturated carbocycles. The lowest BCUT2D eigenvalue weighted by Crippen LogP contribution is -2.49. The highest BCUT2D eigenvalue weighted by Gasteiger charge is 2.52. The van der Waals surface area contributed by atoms with Gasteiger partial charge in [0.2, 0.25) is 0 Å². The molecule has 0 saturated heterocycles. The Morgan fingerprint density at radius 1 is 0.943 bits per heavy atom. The molecule has 1 heterocycles. The average Bonchev–Trinajstić information content (AvgIpc) is 3.13. The maximum atomic E-state index is 14.2. The number of hydrogen-bond donors (Lipinski definition) is 1. The van der Waals surface area contributed by atoms with Gasteiger partial charge in [0.15, 0.2) is 28.6 Å². The van der Waals surface area contributed by atoms with Crippen LogP contribution in [0.4, 0.5) is 0 Å². The Hall–Kier alpha value is -3.97. The Morgan fingerprint density at radius 2 is 1.69 bits per heavy atom. The third-order valence-corrected chi connectivity index (χ3v) is 6.20. The van der Waals surface area contributed by atoms with Crippen molar-refractivity contribution in [3.63, 3.8) is 0 Å². The van der Waals surface area contributed by atoms with Crippen molar-refractivity contribution in [3.8, 4) is 17.2 Å². The van der Waals surface area contributed by atoms with Crippen LogP contribution in [0.5, 0.6) is 17.2 Å². The minimum Gasteiger partial charge on any atom is -0.503 e. The Kier molecular flexibility index (Phi) is 6.71. The first-order valence-electron chi connectivity index (χ1n) is 10.7. The van der Waals surface area contributed by atoms with Crippen LogP contribution in [0.3, 0.4) is 0 Å². The molecule has 0 bridgehead atoms. The number of carbonyl (C=O) groups excluding carboxylic acids is 2. The van der Waals surface area contributed by atoms with Crippen LogP contribution in [0, 0.1) is 0 Å². The van der Waals surface area contributed by atoms with E-state index in [2.05, 4.69) is 0 Å². The molecule has 1 N–H and O–H groups in total. The largest absolute Gasteiger partial charge is 0.503 e. The summed E-state index contributed by atoms with van der Waals surface area (Å²) in [4.78, 5) is 28.8. The molecule has 1 unspecified atom stereocenters. The summed E-state index contributed by atoms with van der Waals surface area (Å²) < 4.78 is 16.1. The molecule has 3 aromatic carbocycles. The van der Waals surface area contributed by atoms with Crippen molar-refractivity contribution in [3.05, 3.63) is 100 Å². The maximum absolute atomic E-state index is 14.2. The van der Waals surface area contributed by atoms with Crippen molar-refractivity contribution in [2.24, 2.45) is 0 Å². The van der Waals surface area contributed by atoms with E-state index in [1.807, 2.05) is 6.07 Å². The first kappa shape index (κ1) is 24.2. The van der Waals surface area contributed by atoms with Gasteiger partial charge in [0.1, 0.15) is 5.75 Å². The fourth-order valence-electron chi connectivity index (χ4n) is 4.27. The minimum atomic E-state index is -1.67. The van der Waals surface area contributed by atoms with E-state index in [0.717, 1.165) is 0 Å². The van der Waals surface area contributed by atoms with Gasteiger partial charge in [-0.25, -0.2) is 0 Å². The van der Waals surface area contributed by atoms with E-state index >= 15 is 0 Å². The molecule has 0 aliphatic carbocycles. The third-order valence-electron chi connectivity index (χ3n) is 5.97. The summed E-state index contributed by atoms with van der Waals surface area (Å²) >= 11 is 6.18. The number of Topliss-reactive ketones (excluding diaryl/α,β-unsaturated/α-hetero) is 1. The molecule has 180 valence electrons. The van der Waals surface area contributed by atoms with Crippen molar-refractivity contribution in [1.29, 1.82) is 0 Å². The van der Waals surface area contributed by atoms with Gasteiger partial charge >= 0.3 is 0 Å². The van der Waals surface area contributed by atoms with Gasteiger partial charge in [-0.1, -0.05) is 41.9 Å². The average molecular weight is 494 g/mol. The number of ketones is 1. The Balaban J connectivity index is 1.94. The zero-order valence-corrected chi connectivity index (χ0v) is 20.2. The predicted octanol–water partition coefficient (Wildman–Crippen LogP) is 4.93. The molecule has 8 heteroatoms. The Morgan fingerprint density at radius 3 is 2.37 bits per heavy atom. The molecule has 0 fully saturated rings. The van der Waals surface area contributed by atoms with Crippen LogP contribution in [0.2, 0.25) is 5.02 Å². The third kappa shape index (κ3) is 4.31. The van der Waals surface area contributed by atoms with Crippen molar-refractivity contribution < 1.29 is 28.9 Å². The smallest absolute Gasteiger partial charge is 0.290 e. The van der Waals surface area contributed by atoms with Gasteiger partial charge in [-0.3, -0.25) is 9.59 Å². The number of nitrogens with zero attached hydrogens (tertiary/aromatic N) is 1. The molecule has 1 atom stereocenters. The number of carbonyl (C=O) groups is 2. The van der Waals surface area contributed by atoms with Crippen LogP contribution in [-0.4, -0.2) is 43.0 Å². The minimum absolute atomic E-state index is 0.0250. The fraction of sp³-hybridized carbons (Fsp3) is 0.185. The second-order valence-corrected chi connectivity index (χ2v) is 8.38. The molecule has 3 aromatic rings. The van der Waals surface area contributed by atoms with Gasteiger partial charge in [-0.2, -0.15) is 0 Å². The van der Waals surface area contributed by atoms with Crippen molar-refractivity contribution in [1.82, 2.24) is 4.90 Å². The number of hydrogen-bond acceptors (Lipinski definition) is 6. The van der Waals surface area contributed by atoms with Gasteiger partial charge in [0.25, 0.3) is 5.91 Å². The standard InChI is InChI=1S/C27H24ClNO6/c1-33-21-9-4-6-17(12-21)16-29-26(32)22(30)15-27(29,25(31)18-7-5-8-20(28)13-18)19-10-11-23(34-2)24(14-19)35-3/h4-15,30H,16H2,1-3H3. The highest BCUT2D eigenvalue weighted by Crippen LogP contribution is 2.44. The molecule has 1 aliphatic rings. The van der Waals surface area contributed by atoms with Gasteiger partial charge in [0, 0.05) is 23.2 Å². The lowest BCUT2D eigenvalue weighted by Gasteiger charge is -2.37. The molecule has 1 aliphatic heterocycles. The molecule has 1 amide bonds. The quantitative estimate of drug-likeness (QED) is 0.448. The normalized spacial score (nSPS) is 17.2. The number of methoxy groups -OCH3 is 3. The van der Waals surface area contributed by atoms with Crippen LogP contribution < -0.4 is 14.2 Å². The van der Waals surface area contributed by atoms with E-state index in [9.17, 15) is 14.7 Å². The Labute approximate surface area is 208 Å². The summed E-state index contributed by atoms with van der Waals surface area (Å²) in [6.07, 6.45) is 1.28. The Bertz CT molecular complexity index is 1320. The van der Waals surface area contributed by atoms with Crippen LogP contribution in [0.25, 0.3) is 0 Å². The van der Waals surface area contributed by atoms with Crippen molar-refractivity contribution >= 4 is 23.3 Å². The molecule has 35 heavy (non-hydrogen) atoms. The van der Waals surface area contributed by atoms with Gasteiger partial charge in [0.05, 0.1) is 21.3 Å². The number of halogens is 1. The molecule has 0 aromatic heterocycles. The zero-order valence-electron chi connectivity index (χ0n) is 19.4. The number of ether oxygens (including phenoxy) is 3. The summed E-state index contributed by atoms with van der Waals surface area (Å²) in [5, 5.41) is 11.0. The van der Waals surface area contributed by atoms with Crippen LogP contribution in [0.15, 0.2) is 78.6 Å². The molecular weight excluding hydrogens is 470 g/mol. The lowest BCUT2D eigenvalue weighted by molar-refractivity contribution is -0.131. The maximum Gasteiger partial charge on any atom is 0.290 e. The fourth-order valence-corrected chi connectivity index (χ4v) is 4.46. The number of amides is 1. The van der Waals surface area contributed by atoms with E-state index < -0.39 is 23.0 Å². The van der Waals surface area contributed by atoms with E-state index in [4.69, 9.17) is 25.8 Å². The molecule has 0 spiro atoms. The summed E-state index contributed by atoms with van der Waals surface area (Å²) in [5.74, 6) is -0.219. The summed E-state index contributed by atoms with van der Waals surface area (Å²) in [6.45, 7) is 0.0250. The highest BCUT2D eigenvalue weighted by molar-refractivity contribution is 6.31. The number of benzene rings is 3. The van der Waals surface area contributed by atoms with Crippen molar-refractivity contribution in [2.75, 3.05) is 21.3 Å². The second-order valence-electron chi connectivity index (χ2n) is 7.95. The van der Waals surface area contributed by atoms with Gasteiger partial charge in [-0.15, -0.1) is 0 Å². The van der Waals surface area contributed by atoms with E-state index in [0.29, 0.717) is 33.4 Å². The molecular formula is C27H24ClNO6. The van der Waals surface area contributed by atoms with Crippen LogP contribution >= 0.6 is 11.6 Å². The van der Waals surface area contributed by atoms with E-state index in [1.54, 1.807) is 61.7 Å². The molecule has 7 nitrogen and oxygen atoms in total. The molecule has 0 radical (unpaired) electrons. The zero-order chi connectivity index (χ0) is 25.2. The second kappa shape index (κ2) is 9.72. The predicted molar refractivity (Wildman–Crippen MR) is 131 cm³/mol.